The number of aliphatic hydroxyl groups excluding tert-OH is 1. The second-order valence-electron chi connectivity index (χ2n) is 30.9. The molecule has 13 heterocycles. The molecule has 604 valence electrons. The highest BCUT2D eigenvalue weighted by atomic mass is 35.5. The highest BCUT2D eigenvalue weighted by molar-refractivity contribution is 7.92. The maximum Gasteiger partial charge on any atom is 0.256 e. The van der Waals surface area contributed by atoms with Crippen molar-refractivity contribution in [1.29, 1.82) is 0 Å². The third kappa shape index (κ3) is 18.4. The van der Waals surface area contributed by atoms with Gasteiger partial charge in [-0.3, -0.25) is 28.5 Å². The van der Waals surface area contributed by atoms with Gasteiger partial charge < -0.3 is 50.9 Å². The third-order valence-electron chi connectivity index (χ3n) is 21.8. The number of likely N-dealkylation sites (tertiary alicyclic amines) is 3. The Morgan fingerprint density at radius 1 is 0.460 bits per heavy atom. The van der Waals surface area contributed by atoms with Gasteiger partial charge in [-0.15, -0.1) is 0 Å². The average molecular weight is 1670 g/mol. The van der Waals surface area contributed by atoms with E-state index >= 15 is 0 Å². The number of nitrogens with two attached hydrogens (primary N) is 2. The summed E-state index contributed by atoms with van der Waals surface area (Å²) < 4.78 is 84.3. The lowest BCUT2D eigenvalue weighted by atomic mass is 9.98. The van der Waals surface area contributed by atoms with Crippen molar-refractivity contribution < 1.29 is 44.7 Å². The summed E-state index contributed by atoms with van der Waals surface area (Å²) in [5, 5.41) is 26.0. The molecule has 0 saturated carbocycles. The fraction of sp³-hybridized carbons (Fsp3) is 0.487. The molecule has 37 heteroatoms. The summed E-state index contributed by atoms with van der Waals surface area (Å²) in [6.07, 6.45) is 18.4. The van der Waals surface area contributed by atoms with Gasteiger partial charge >= 0.3 is 0 Å². The highest BCUT2D eigenvalue weighted by Crippen LogP contribution is 2.40. The van der Waals surface area contributed by atoms with E-state index in [0.717, 1.165) is 192 Å². The number of nitrogens with zero attached hydrogens (tertiary/aromatic N) is 16. The molecule has 7 aliphatic heterocycles. The van der Waals surface area contributed by atoms with Gasteiger partial charge in [-0.2, -0.15) is 19.8 Å². The first-order chi connectivity index (χ1) is 53.7. The Hall–Kier alpha value is -8.87. The molecule has 3 aromatic carbocycles. The van der Waals surface area contributed by atoms with Gasteiger partial charge in [0.1, 0.15) is 23.3 Å². The van der Waals surface area contributed by atoms with Gasteiger partial charge in [0.15, 0.2) is 16.9 Å². The van der Waals surface area contributed by atoms with E-state index in [9.17, 15) is 44.7 Å². The van der Waals surface area contributed by atoms with Crippen LogP contribution in [-0.2, 0) is 30.1 Å². The molecule has 113 heavy (non-hydrogen) atoms. The van der Waals surface area contributed by atoms with Crippen LogP contribution in [0.4, 0.5) is 40.3 Å². The second-order valence-corrected chi connectivity index (χ2v) is 37.5. The SMILES string of the molecule is CS(=O)(=O)Nc1ccc(Cl)cc1C(=O)N1CCCC[C@H]1c1cc2nc(N3CCC3)cc(N3C[C@@H](N)[C@H](O)C3)n2n1.Cc1cn2nc([C@@H]3CCCCN3C(=O)c3cc(Cl)ccc3NS(C)(=O)=O)cc2nc1N1CCC[C@@H](N)C1.Cc1cn2nc([C@@H]3CCCCN3C(=O)c3cc(Cl)ccc3NS(C)(=O)=O)cc2nc1N1CC[C@@H](C)C1. The lowest BCUT2D eigenvalue weighted by molar-refractivity contribution is 0.0600. The smallest absolute Gasteiger partial charge is 0.256 e. The van der Waals surface area contributed by atoms with E-state index < -0.39 is 36.2 Å². The molecule has 0 bridgehead atoms. The number of aromatic nitrogens is 9. The topological polar surface area (TPSA) is 375 Å². The van der Waals surface area contributed by atoms with Gasteiger partial charge in [-0.1, -0.05) is 41.7 Å². The van der Waals surface area contributed by atoms with Crippen LogP contribution in [0.2, 0.25) is 15.1 Å². The number of β-amino-alcohol motifs (C(OH)–C–C–N with tert-alkyl or cyclic N) is 1. The average Bonchev–Trinajstić information content (AvgIpc) is 1.67. The van der Waals surface area contributed by atoms with Crippen molar-refractivity contribution >= 4 is 140 Å². The summed E-state index contributed by atoms with van der Waals surface area (Å²) in [5.41, 5.74) is 20.0. The first kappa shape index (κ1) is 80.7. The van der Waals surface area contributed by atoms with E-state index in [2.05, 4.69) is 42.7 Å². The summed E-state index contributed by atoms with van der Waals surface area (Å²) in [7, 11) is -10.8. The molecule has 9 aromatic rings. The molecule has 31 nitrogen and oxygen atoms in total. The van der Waals surface area contributed by atoms with E-state index in [4.69, 9.17) is 76.5 Å². The number of nitrogens with one attached hydrogen (secondary N) is 3. The van der Waals surface area contributed by atoms with Gasteiger partial charge in [0.25, 0.3) is 17.7 Å². The number of aliphatic hydroxyl groups is 1. The van der Waals surface area contributed by atoms with Crippen LogP contribution in [0.5, 0.6) is 0 Å². The number of benzene rings is 3. The first-order valence-electron chi connectivity index (χ1n) is 38.3. The molecule has 8 N–H and O–H groups in total. The molecule has 0 unspecified atom stereocenters. The minimum absolute atomic E-state index is 0.141. The molecular weight excluding hydrogens is 1570 g/mol. The molecule has 7 fully saturated rings. The molecule has 3 amide bonds. The van der Waals surface area contributed by atoms with E-state index in [1.807, 2.05) is 48.5 Å². The number of fused-ring (bicyclic) bond motifs is 3. The Labute approximate surface area is 672 Å². The number of anilines is 7. The molecule has 0 spiro atoms. The summed E-state index contributed by atoms with van der Waals surface area (Å²) in [5.74, 6) is 3.32. The van der Waals surface area contributed by atoms with Gasteiger partial charge in [-0.25, -0.2) is 49.2 Å². The molecule has 7 atom stereocenters. The van der Waals surface area contributed by atoms with Crippen LogP contribution in [0.1, 0.15) is 168 Å². The van der Waals surface area contributed by atoms with E-state index in [1.165, 1.54) is 36.4 Å². The number of carbonyl (C=O) groups is 3. The predicted octanol–water partition coefficient (Wildman–Crippen LogP) is 9.47. The summed E-state index contributed by atoms with van der Waals surface area (Å²) >= 11 is 18.6. The first-order valence-corrected chi connectivity index (χ1v) is 45.1. The monoisotopic (exact) mass is 1660 g/mol. The van der Waals surface area contributed by atoms with Crippen molar-refractivity contribution in [2.24, 2.45) is 17.4 Å². The zero-order chi connectivity index (χ0) is 80.1. The minimum atomic E-state index is -3.61. The van der Waals surface area contributed by atoms with Gasteiger partial charge in [0, 0.05) is 147 Å². The maximum atomic E-state index is 13.9. The highest BCUT2D eigenvalue weighted by Gasteiger charge is 2.39. The Morgan fingerprint density at radius 2 is 0.885 bits per heavy atom. The van der Waals surface area contributed by atoms with Crippen LogP contribution in [-0.4, -0.2) is 216 Å². The largest absolute Gasteiger partial charge is 0.390 e. The molecule has 0 aliphatic carbocycles. The maximum absolute atomic E-state index is 13.9. The van der Waals surface area contributed by atoms with Crippen molar-refractivity contribution in [3.05, 3.63) is 151 Å². The number of rotatable bonds is 16. The molecule has 16 rings (SSSR count). The van der Waals surface area contributed by atoms with E-state index in [0.29, 0.717) is 71.5 Å². The number of hydrogen-bond donors (Lipinski definition) is 6. The number of piperidine rings is 4. The predicted molar refractivity (Wildman–Crippen MR) is 440 cm³/mol. The molecule has 6 aromatic heterocycles. The summed E-state index contributed by atoms with van der Waals surface area (Å²) in [6.45, 7) is 14.4. The molecule has 7 aliphatic rings. The Bertz CT molecular complexity index is 5470. The number of carbonyl (C=O) groups excluding carboxylic acids is 3. The number of aryl methyl sites for hydroxylation is 2. The van der Waals surface area contributed by atoms with Crippen molar-refractivity contribution in [2.45, 2.75) is 141 Å². The van der Waals surface area contributed by atoms with Crippen molar-refractivity contribution in [3.8, 4) is 0 Å². The van der Waals surface area contributed by atoms with Crippen molar-refractivity contribution in [1.82, 2.24) is 58.5 Å². The fourth-order valence-corrected chi connectivity index (χ4v) is 18.5. The molecule has 7 saturated heterocycles. The van der Waals surface area contributed by atoms with Crippen molar-refractivity contribution in [2.75, 3.05) is 125 Å². The minimum Gasteiger partial charge on any atom is -0.390 e. The second kappa shape index (κ2) is 33.2. The Kier molecular flexibility index (Phi) is 23.7. The third-order valence-corrected chi connectivity index (χ3v) is 24.3. The number of amides is 3. The fourth-order valence-electron chi connectivity index (χ4n) is 16.2. The zero-order valence-electron chi connectivity index (χ0n) is 64.0. The van der Waals surface area contributed by atoms with E-state index in [1.54, 1.807) is 46.4 Å². The number of halogens is 3. The van der Waals surface area contributed by atoms with E-state index in [-0.39, 0.29) is 81.7 Å². The van der Waals surface area contributed by atoms with Crippen LogP contribution in [0.15, 0.2) is 91.3 Å². The Balaban J connectivity index is 0.000000141. The van der Waals surface area contributed by atoms with Gasteiger partial charge in [0.05, 0.1) is 93.8 Å². The van der Waals surface area contributed by atoms with Crippen molar-refractivity contribution in [3.63, 3.8) is 0 Å². The van der Waals surface area contributed by atoms with Gasteiger partial charge in [0.2, 0.25) is 30.1 Å². The van der Waals surface area contributed by atoms with Crippen LogP contribution >= 0.6 is 34.8 Å². The lowest BCUT2D eigenvalue weighted by Crippen LogP contribution is -2.43. The summed E-state index contributed by atoms with van der Waals surface area (Å²) in [6, 6.07) is 20.5. The normalized spacial score (nSPS) is 21.8. The van der Waals surface area contributed by atoms with Crippen LogP contribution in [0.25, 0.3) is 16.9 Å². The molecular formula is C76H96Cl3N21O10S3. The standard InChI is InChI=1S/C26H33ClN8O4S.C25H32ClN7O3S.C25H31ClN6O3S/c1-40(38,39)31-19-7-6-16(27)11-17(19)26(37)34-10-3-2-5-21(34)20-12-24-29-23(32-8-4-9-32)13-25(35(24)30-20)33-14-18(28)22(36)15-33;1-16-14-33-23(28-24(16)31-10-5-6-18(27)15-31)13-21(29-33)22-7-3-4-11-32(22)25(34)19-12-17(26)8-9-20(19)30-37(2,35)36;1-16-9-11-30(14-16)24-17(2)15-32-23(27-24)13-21(28-32)22-6-4-5-10-31(22)25(33)19-12-18(26)7-8-20(19)29-36(3,34)35/h6-7,11-13,18,21-22,31,36H,2-5,8-10,14-15,28H2,1H3;8-9,12-14,18,22,30H,3-7,10-11,15,27H2,1-2H3;7-8,12-13,15-16,22,29H,4-6,9-11,14H2,1-3H3/t18-,21+,22-;18-,22+;16-,22+/m111/s1. The quantitative estimate of drug-likeness (QED) is 0.0524. The lowest BCUT2D eigenvalue weighted by Gasteiger charge is -2.35. The van der Waals surface area contributed by atoms with Gasteiger partial charge in [-0.05, 0) is 158 Å². The summed E-state index contributed by atoms with van der Waals surface area (Å²) in [4.78, 5) is 70.3. The van der Waals surface area contributed by atoms with Crippen LogP contribution < -0.4 is 45.2 Å². The van der Waals surface area contributed by atoms with Crippen LogP contribution in [0.3, 0.4) is 0 Å². The molecule has 0 radical (unpaired) electrons. The zero-order valence-corrected chi connectivity index (χ0v) is 68.7. The number of sulfonamides is 3. The Morgan fingerprint density at radius 3 is 1.27 bits per heavy atom. The number of hydrogen-bond acceptors (Lipinski definition) is 22. The van der Waals surface area contributed by atoms with Crippen LogP contribution in [0, 0.1) is 19.8 Å².